The normalized spacial score (nSPS) is 13.8. The third-order valence-corrected chi connectivity index (χ3v) is 6.68. The molecule has 0 aliphatic carbocycles. The molecule has 1 aliphatic rings. The highest BCUT2D eigenvalue weighted by molar-refractivity contribution is 7.98. The lowest BCUT2D eigenvalue weighted by Gasteiger charge is -2.21. The van der Waals surface area contributed by atoms with Crippen LogP contribution in [0.1, 0.15) is 11.3 Å². The molecular weight excluding hydrogens is 430 g/mol. The fourth-order valence-corrected chi connectivity index (χ4v) is 4.68. The first kappa shape index (κ1) is 21.6. The Morgan fingerprint density at radius 2 is 1.91 bits per heavy atom. The van der Waals surface area contributed by atoms with Gasteiger partial charge >= 0.3 is 0 Å². The van der Waals surface area contributed by atoms with Crippen molar-refractivity contribution in [2.45, 2.75) is 18.0 Å². The topological polar surface area (TPSA) is 39.5 Å². The van der Waals surface area contributed by atoms with Crippen molar-refractivity contribution in [3.63, 3.8) is 0 Å². The summed E-state index contributed by atoms with van der Waals surface area (Å²) in [5.41, 5.74) is 4.66. The number of pyridine rings is 1. The fraction of sp³-hybridized carbons (Fsp3) is 0.222. The van der Waals surface area contributed by atoms with Crippen molar-refractivity contribution in [1.82, 2.24) is 14.5 Å². The van der Waals surface area contributed by atoms with Crippen LogP contribution in [0.25, 0.3) is 16.9 Å². The van der Waals surface area contributed by atoms with Crippen molar-refractivity contribution in [1.29, 1.82) is 0 Å². The Morgan fingerprint density at radius 1 is 1.03 bits per heavy atom. The van der Waals surface area contributed by atoms with Crippen molar-refractivity contribution >= 4 is 11.8 Å². The molecule has 0 saturated heterocycles. The Bertz CT molecular complexity index is 1220. The Hall–Kier alpha value is -3.22. The number of methoxy groups -OCH3 is 1. The molecule has 0 radical (unpaired) electrons. The smallest absolute Gasteiger partial charge is 0.165 e. The van der Waals surface area contributed by atoms with Gasteiger partial charge in [-0.05, 0) is 65.9 Å². The molecule has 0 bridgehead atoms. The minimum absolute atomic E-state index is 0.620. The van der Waals surface area contributed by atoms with E-state index < -0.39 is 0 Å². The number of thioether (sulfide) groups is 1. The van der Waals surface area contributed by atoms with Crippen LogP contribution >= 0.6 is 11.8 Å². The molecule has 0 spiro atoms. The molecule has 0 atom stereocenters. The van der Waals surface area contributed by atoms with Crippen LogP contribution < -0.4 is 9.47 Å². The molecule has 1 aliphatic heterocycles. The van der Waals surface area contributed by atoms with Gasteiger partial charge in [-0.1, -0.05) is 18.2 Å². The molecule has 3 heterocycles. The van der Waals surface area contributed by atoms with E-state index in [1.54, 1.807) is 18.9 Å². The van der Waals surface area contributed by atoms with Gasteiger partial charge in [0.05, 0.1) is 7.11 Å². The van der Waals surface area contributed by atoms with E-state index in [1.165, 1.54) is 16.2 Å². The van der Waals surface area contributed by atoms with Crippen LogP contribution in [0.15, 0.2) is 84.0 Å². The fourth-order valence-electron chi connectivity index (χ4n) is 4.27. The van der Waals surface area contributed by atoms with E-state index in [4.69, 9.17) is 9.47 Å². The lowest BCUT2D eigenvalue weighted by molar-refractivity contribution is 0.214. The molecule has 4 aromatic rings. The van der Waals surface area contributed by atoms with E-state index in [0.29, 0.717) is 6.61 Å². The van der Waals surface area contributed by atoms with Crippen molar-refractivity contribution < 1.29 is 9.47 Å². The first-order valence-electron chi connectivity index (χ1n) is 11.0. The third-order valence-electron chi connectivity index (χ3n) is 5.94. The average molecular weight is 458 g/mol. The summed E-state index contributed by atoms with van der Waals surface area (Å²) in [6.45, 7) is 3.05. The number of ether oxygens (including phenoxy) is 2. The van der Waals surface area contributed by atoms with Gasteiger partial charge in [-0.25, -0.2) is 4.98 Å². The zero-order chi connectivity index (χ0) is 22.6. The second kappa shape index (κ2) is 9.73. The monoisotopic (exact) mass is 457 g/mol. The predicted octanol–water partition coefficient (Wildman–Crippen LogP) is 5.66. The van der Waals surface area contributed by atoms with Crippen LogP contribution in [0.3, 0.4) is 0 Å². The second-order valence-corrected chi connectivity index (χ2v) is 8.89. The van der Waals surface area contributed by atoms with Gasteiger partial charge in [0.1, 0.15) is 12.4 Å². The number of nitrogens with zero attached hydrogens (tertiary/aromatic N) is 3. The van der Waals surface area contributed by atoms with Crippen LogP contribution in [-0.2, 0) is 13.1 Å². The van der Waals surface area contributed by atoms with Gasteiger partial charge < -0.3 is 14.0 Å². The largest absolute Gasteiger partial charge is 0.493 e. The predicted molar refractivity (Wildman–Crippen MR) is 133 cm³/mol. The van der Waals surface area contributed by atoms with Crippen molar-refractivity contribution in [2.24, 2.45) is 0 Å². The summed E-state index contributed by atoms with van der Waals surface area (Å²) in [6.07, 6.45) is 5.99. The summed E-state index contributed by atoms with van der Waals surface area (Å²) in [7, 11) is 1.71. The number of fused-ring (bicyclic) bond motifs is 1. The maximum absolute atomic E-state index is 6.17. The van der Waals surface area contributed by atoms with Crippen LogP contribution in [0.2, 0.25) is 0 Å². The second-order valence-electron chi connectivity index (χ2n) is 8.01. The van der Waals surface area contributed by atoms with Crippen LogP contribution in [-0.4, -0.2) is 41.0 Å². The molecular formula is C27H27N3O2S. The van der Waals surface area contributed by atoms with Gasteiger partial charge in [-0.3, -0.25) is 4.90 Å². The molecule has 5 nitrogen and oxygen atoms in total. The SMILES string of the molecule is COc1cc(-c2ccc(SC)cc2)cc2c1OCCN(Cc1cccn1-c1ccccn1)C2. The van der Waals surface area contributed by atoms with Gasteiger partial charge in [0.2, 0.25) is 0 Å². The van der Waals surface area contributed by atoms with Gasteiger partial charge in [0.15, 0.2) is 11.5 Å². The van der Waals surface area contributed by atoms with Gasteiger partial charge in [-0.2, -0.15) is 0 Å². The highest BCUT2D eigenvalue weighted by Crippen LogP contribution is 2.39. The van der Waals surface area contributed by atoms with Crippen molar-refractivity contribution in [3.8, 4) is 28.4 Å². The maximum Gasteiger partial charge on any atom is 0.165 e. The molecule has 33 heavy (non-hydrogen) atoms. The highest BCUT2D eigenvalue weighted by Gasteiger charge is 2.21. The number of hydrogen-bond donors (Lipinski definition) is 0. The Kier molecular flexibility index (Phi) is 6.37. The quantitative estimate of drug-likeness (QED) is 0.349. The minimum atomic E-state index is 0.620. The Balaban J connectivity index is 1.44. The van der Waals surface area contributed by atoms with Crippen molar-refractivity contribution in [3.05, 3.63) is 90.4 Å². The molecule has 2 aromatic heterocycles. The summed E-state index contributed by atoms with van der Waals surface area (Å²) in [5.74, 6) is 2.57. The van der Waals surface area contributed by atoms with Crippen molar-refractivity contribution in [2.75, 3.05) is 26.5 Å². The summed E-state index contributed by atoms with van der Waals surface area (Å²) in [6, 6.07) is 23.2. The number of aromatic nitrogens is 2. The highest BCUT2D eigenvalue weighted by atomic mass is 32.2. The lowest BCUT2D eigenvalue weighted by atomic mass is 10.0. The van der Waals surface area contributed by atoms with Gasteiger partial charge in [-0.15, -0.1) is 11.8 Å². The lowest BCUT2D eigenvalue weighted by Crippen LogP contribution is -2.26. The molecule has 0 unspecified atom stereocenters. The summed E-state index contributed by atoms with van der Waals surface area (Å²) < 4.78 is 14.1. The molecule has 168 valence electrons. The summed E-state index contributed by atoms with van der Waals surface area (Å²) in [4.78, 5) is 8.18. The summed E-state index contributed by atoms with van der Waals surface area (Å²) >= 11 is 1.75. The maximum atomic E-state index is 6.17. The summed E-state index contributed by atoms with van der Waals surface area (Å²) in [5, 5.41) is 0. The zero-order valence-electron chi connectivity index (χ0n) is 18.9. The van der Waals surface area contributed by atoms with Gasteiger partial charge in [0.25, 0.3) is 0 Å². The average Bonchev–Trinajstić information content (AvgIpc) is 3.23. The van der Waals surface area contributed by atoms with E-state index >= 15 is 0 Å². The number of benzene rings is 2. The van der Waals surface area contributed by atoms with Crippen LogP contribution in [0.5, 0.6) is 11.5 Å². The number of rotatable bonds is 6. The third kappa shape index (κ3) is 4.63. The zero-order valence-corrected chi connectivity index (χ0v) is 19.7. The Labute approximate surface area is 199 Å². The van der Waals surface area contributed by atoms with E-state index in [-0.39, 0.29) is 0 Å². The Morgan fingerprint density at radius 3 is 2.67 bits per heavy atom. The van der Waals surface area contributed by atoms with E-state index in [9.17, 15) is 0 Å². The first-order valence-corrected chi connectivity index (χ1v) is 12.3. The minimum Gasteiger partial charge on any atom is -0.493 e. The molecule has 0 N–H and O–H groups in total. The number of hydrogen-bond acceptors (Lipinski definition) is 5. The standard InChI is InChI=1S/C27H27N3O2S/c1-31-25-17-21(20-8-10-24(33-2)11-9-20)16-22-18-29(14-15-32-27(22)25)19-23-6-5-13-30(23)26-7-3-4-12-28-26/h3-13,16-17H,14-15,18-19H2,1-2H3. The molecule has 5 rings (SSSR count). The first-order chi connectivity index (χ1) is 16.2. The van der Waals surface area contributed by atoms with Gasteiger partial charge in [0, 0.05) is 48.2 Å². The van der Waals surface area contributed by atoms with E-state index in [0.717, 1.165) is 48.1 Å². The molecule has 2 aromatic carbocycles. The van der Waals surface area contributed by atoms with E-state index in [2.05, 4.69) is 75.4 Å². The van der Waals surface area contributed by atoms with Crippen LogP contribution in [0.4, 0.5) is 0 Å². The molecule has 0 saturated carbocycles. The van der Waals surface area contributed by atoms with E-state index in [1.807, 2.05) is 24.4 Å². The van der Waals surface area contributed by atoms with Crippen LogP contribution in [0, 0.1) is 0 Å². The molecule has 6 heteroatoms. The molecule has 0 amide bonds. The molecule has 0 fully saturated rings.